The number of hydrogen-bond donors (Lipinski definition) is 2. The number of rotatable bonds is 4. The number of aliphatic hydroxyl groups is 1. The van der Waals surface area contributed by atoms with E-state index in [1.165, 1.54) is 0 Å². The fourth-order valence-corrected chi connectivity index (χ4v) is 1.24. The maximum absolute atomic E-state index is 11.5. The summed E-state index contributed by atoms with van der Waals surface area (Å²) in [5, 5.41) is 11.5. The van der Waals surface area contributed by atoms with Crippen LogP contribution in [0.15, 0.2) is 30.3 Å². The first-order valence-electron chi connectivity index (χ1n) is 5.19. The van der Waals surface area contributed by atoms with Crippen molar-refractivity contribution in [2.24, 2.45) is 0 Å². The van der Waals surface area contributed by atoms with Gasteiger partial charge in [0.15, 0.2) is 0 Å². The van der Waals surface area contributed by atoms with E-state index in [-0.39, 0.29) is 6.61 Å². The highest BCUT2D eigenvalue weighted by Crippen LogP contribution is 2.11. The van der Waals surface area contributed by atoms with Crippen LogP contribution in [0.5, 0.6) is 5.75 Å². The van der Waals surface area contributed by atoms with Crippen LogP contribution in [0, 0.1) is 0 Å². The number of ether oxygens (including phenoxy) is 1. The first kappa shape index (κ1) is 12.5. The van der Waals surface area contributed by atoms with E-state index in [1.807, 2.05) is 19.9 Å². The molecular weight excluding hydrogens is 206 g/mol. The Morgan fingerprint density at radius 1 is 1.38 bits per heavy atom. The minimum absolute atomic E-state index is 0.0264. The van der Waals surface area contributed by atoms with Crippen LogP contribution < -0.4 is 10.1 Å². The molecule has 1 aromatic rings. The van der Waals surface area contributed by atoms with Gasteiger partial charge in [0, 0.05) is 12.1 Å². The molecule has 0 aromatic heterocycles. The Kier molecular flexibility index (Phi) is 4.31. The van der Waals surface area contributed by atoms with Gasteiger partial charge in [-0.3, -0.25) is 0 Å². The van der Waals surface area contributed by atoms with Crippen molar-refractivity contribution >= 4 is 6.09 Å². The van der Waals surface area contributed by atoms with Crippen LogP contribution in [0.2, 0.25) is 0 Å². The van der Waals surface area contributed by atoms with Gasteiger partial charge in [0.05, 0.1) is 0 Å². The molecule has 0 saturated heterocycles. The highest BCUT2D eigenvalue weighted by molar-refractivity contribution is 5.71. The predicted octanol–water partition coefficient (Wildman–Crippen LogP) is 1.94. The minimum Gasteiger partial charge on any atom is -0.410 e. The van der Waals surface area contributed by atoms with E-state index in [1.54, 1.807) is 24.3 Å². The Hall–Kier alpha value is -1.55. The van der Waals surface area contributed by atoms with E-state index in [2.05, 4.69) is 5.32 Å². The van der Waals surface area contributed by atoms with E-state index in [0.29, 0.717) is 12.2 Å². The smallest absolute Gasteiger partial charge is 0.410 e. The topological polar surface area (TPSA) is 58.6 Å². The normalized spacial score (nSPS) is 10.9. The van der Waals surface area contributed by atoms with Gasteiger partial charge >= 0.3 is 6.09 Å². The van der Waals surface area contributed by atoms with E-state index in [4.69, 9.17) is 9.84 Å². The minimum atomic E-state index is -0.510. The van der Waals surface area contributed by atoms with Crippen molar-refractivity contribution in [1.82, 2.24) is 5.32 Å². The molecule has 0 unspecified atom stereocenters. The summed E-state index contributed by atoms with van der Waals surface area (Å²) < 4.78 is 5.06. The molecule has 0 aliphatic rings. The zero-order chi connectivity index (χ0) is 12.0. The maximum atomic E-state index is 11.5. The summed E-state index contributed by atoms with van der Waals surface area (Å²) in [5.41, 5.74) is -0.472. The van der Waals surface area contributed by atoms with Gasteiger partial charge in [-0.2, -0.15) is 0 Å². The molecular formula is C12H17NO3. The molecule has 1 rings (SSSR count). The van der Waals surface area contributed by atoms with Crippen LogP contribution >= 0.6 is 0 Å². The summed E-state index contributed by atoms with van der Waals surface area (Å²) in [5.74, 6) is 0.500. The Morgan fingerprint density at radius 2 is 2.00 bits per heavy atom. The summed E-state index contributed by atoms with van der Waals surface area (Å²) in [6.07, 6.45) is -0.0266. The number of benzene rings is 1. The average Bonchev–Trinajstić information content (AvgIpc) is 2.17. The van der Waals surface area contributed by atoms with Crippen LogP contribution in [0.3, 0.4) is 0 Å². The number of carbonyl (C=O) groups excluding carboxylic acids is 1. The number of hydrogen-bond acceptors (Lipinski definition) is 3. The fourth-order valence-electron chi connectivity index (χ4n) is 1.24. The van der Waals surface area contributed by atoms with E-state index in [0.717, 1.165) is 0 Å². The number of carbonyl (C=O) groups is 1. The molecule has 0 aliphatic carbocycles. The van der Waals surface area contributed by atoms with Crippen LogP contribution in [0.25, 0.3) is 0 Å². The first-order chi connectivity index (χ1) is 7.53. The van der Waals surface area contributed by atoms with Crippen molar-refractivity contribution < 1.29 is 14.6 Å². The number of aliphatic hydroxyl groups excluding tert-OH is 1. The molecule has 1 amide bonds. The Labute approximate surface area is 95.2 Å². The Balaban J connectivity index is 2.48. The summed E-state index contributed by atoms with van der Waals surface area (Å²) in [4.78, 5) is 11.5. The summed E-state index contributed by atoms with van der Waals surface area (Å²) in [6, 6.07) is 8.85. The molecule has 16 heavy (non-hydrogen) atoms. The fraction of sp³-hybridized carbons (Fsp3) is 0.417. The van der Waals surface area contributed by atoms with Crippen molar-refractivity contribution in [3.63, 3.8) is 0 Å². The predicted molar refractivity (Wildman–Crippen MR) is 61.4 cm³/mol. The second kappa shape index (κ2) is 5.51. The third-order valence-electron chi connectivity index (χ3n) is 2.13. The van der Waals surface area contributed by atoms with Crippen LogP contribution in [-0.4, -0.2) is 23.3 Å². The van der Waals surface area contributed by atoms with Crippen LogP contribution in [-0.2, 0) is 0 Å². The number of para-hydroxylation sites is 1. The quantitative estimate of drug-likeness (QED) is 0.820. The van der Waals surface area contributed by atoms with Crippen LogP contribution in [0.4, 0.5) is 4.79 Å². The molecule has 88 valence electrons. The largest absolute Gasteiger partial charge is 0.413 e. The molecule has 0 saturated carbocycles. The summed E-state index contributed by atoms with van der Waals surface area (Å²) >= 11 is 0. The summed E-state index contributed by atoms with van der Waals surface area (Å²) in [6.45, 7) is 3.68. The molecule has 4 heteroatoms. The van der Waals surface area contributed by atoms with Gasteiger partial charge < -0.3 is 15.2 Å². The lowest BCUT2D eigenvalue weighted by atomic mass is 10.0. The highest BCUT2D eigenvalue weighted by atomic mass is 16.6. The van der Waals surface area contributed by atoms with Crippen molar-refractivity contribution in [3.8, 4) is 5.75 Å². The van der Waals surface area contributed by atoms with Gasteiger partial charge in [0.1, 0.15) is 5.75 Å². The molecule has 0 heterocycles. The van der Waals surface area contributed by atoms with Crippen molar-refractivity contribution in [1.29, 1.82) is 0 Å². The molecule has 0 bridgehead atoms. The lowest BCUT2D eigenvalue weighted by molar-refractivity contribution is 0.178. The Bertz CT molecular complexity index is 335. The second-order valence-electron chi connectivity index (χ2n) is 4.19. The first-order valence-corrected chi connectivity index (χ1v) is 5.19. The molecule has 0 atom stereocenters. The SMILES string of the molecule is CC(C)(CCO)NC(=O)Oc1ccccc1. The molecule has 0 spiro atoms. The van der Waals surface area contributed by atoms with Gasteiger partial charge in [0.2, 0.25) is 0 Å². The zero-order valence-corrected chi connectivity index (χ0v) is 9.56. The van der Waals surface area contributed by atoms with Gasteiger partial charge in [-0.15, -0.1) is 0 Å². The third kappa shape index (κ3) is 4.31. The van der Waals surface area contributed by atoms with Gasteiger partial charge in [0.25, 0.3) is 0 Å². The average molecular weight is 223 g/mol. The second-order valence-corrected chi connectivity index (χ2v) is 4.19. The summed E-state index contributed by atoms with van der Waals surface area (Å²) in [7, 11) is 0. The van der Waals surface area contributed by atoms with Crippen molar-refractivity contribution in [2.75, 3.05) is 6.61 Å². The van der Waals surface area contributed by atoms with E-state index < -0.39 is 11.6 Å². The van der Waals surface area contributed by atoms with Gasteiger partial charge in [-0.25, -0.2) is 4.79 Å². The molecule has 4 nitrogen and oxygen atoms in total. The van der Waals surface area contributed by atoms with E-state index in [9.17, 15) is 4.79 Å². The van der Waals surface area contributed by atoms with E-state index >= 15 is 0 Å². The molecule has 0 fully saturated rings. The molecule has 2 N–H and O–H groups in total. The lowest BCUT2D eigenvalue weighted by Crippen LogP contribution is -2.45. The maximum Gasteiger partial charge on any atom is 0.413 e. The number of amides is 1. The molecule has 1 aromatic carbocycles. The monoisotopic (exact) mass is 223 g/mol. The highest BCUT2D eigenvalue weighted by Gasteiger charge is 2.20. The van der Waals surface area contributed by atoms with Crippen molar-refractivity contribution in [3.05, 3.63) is 30.3 Å². The van der Waals surface area contributed by atoms with Gasteiger partial charge in [-0.05, 0) is 32.4 Å². The Morgan fingerprint density at radius 3 is 2.56 bits per heavy atom. The standard InChI is InChI=1S/C12H17NO3/c1-12(2,8-9-14)13-11(15)16-10-6-4-3-5-7-10/h3-7,14H,8-9H2,1-2H3,(H,13,15). The van der Waals surface area contributed by atoms with Crippen LogP contribution in [0.1, 0.15) is 20.3 Å². The molecule has 0 aliphatic heterocycles. The van der Waals surface area contributed by atoms with Gasteiger partial charge in [-0.1, -0.05) is 18.2 Å². The zero-order valence-electron chi connectivity index (χ0n) is 9.56. The van der Waals surface area contributed by atoms with Crippen molar-refractivity contribution in [2.45, 2.75) is 25.8 Å². The number of nitrogens with one attached hydrogen (secondary N) is 1. The third-order valence-corrected chi connectivity index (χ3v) is 2.13. The molecule has 0 radical (unpaired) electrons. The lowest BCUT2D eigenvalue weighted by Gasteiger charge is -2.24.